The second kappa shape index (κ2) is 19.2. The van der Waals surface area contributed by atoms with Crippen LogP contribution in [0.4, 0.5) is 0 Å². The van der Waals surface area contributed by atoms with Gasteiger partial charge in [-0.05, 0) is 61.7 Å². The van der Waals surface area contributed by atoms with E-state index in [2.05, 4.69) is 50.2 Å². The molecule has 0 bridgehead atoms. The van der Waals surface area contributed by atoms with Crippen molar-refractivity contribution in [3.05, 3.63) is 46.2 Å². The molecule has 2 N–H and O–H groups in total. The van der Waals surface area contributed by atoms with Gasteiger partial charge in [-0.2, -0.15) is 0 Å². The van der Waals surface area contributed by atoms with Crippen LogP contribution in [0.5, 0.6) is 0 Å². The summed E-state index contributed by atoms with van der Waals surface area (Å²) in [5.74, 6) is 0.860. The van der Waals surface area contributed by atoms with Gasteiger partial charge < -0.3 is 5.73 Å². The maximum Gasteiger partial charge on any atom is 0.0449 e. The molecule has 0 aliphatic carbocycles. The molecule has 1 unspecified atom stereocenters. The van der Waals surface area contributed by atoms with E-state index in [1.807, 2.05) is 34.0 Å². The standard InChI is InChI=1S/C34H53NS3/c1-3-5-7-9-11-12-14-16-18-28(17-15-13-10-8-6-4-2)27-30-20-22-32(37-30)34-24-23-33(38-34)31-21-19-29(36-31)25-26-35/h19-24,28H,3-18,25-27,35H2,1-2H3. The molecule has 0 aromatic carbocycles. The molecular weight excluding hydrogens is 519 g/mol. The topological polar surface area (TPSA) is 26.0 Å². The highest BCUT2D eigenvalue weighted by Crippen LogP contribution is 2.40. The van der Waals surface area contributed by atoms with Gasteiger partial charge in [-0.1, -0.05) is 117 Å². The molecule has 3 heterocycles. The number of hydrogen-bond donors (Lipinski definition) is 1. The first-order valence-corrected chi connectivity index (χ1v) is 18.2. The summed E-state index contributed by atoms with van der Waals surface area (Å²) in [6, 6.07) is 13.9. The summed E-state index contributed by atoms with van der Waals surface area (Å²) >= 11 is 5.88. The average molecular weight is 572 g/mol. The second-order valence-electron chi connectivity index (χ2n) is 11.1. The van der Waals surface area contributed by atoms with Gasteiger partial charge in [-0.15, -0.1) is 34.0 Å². The molecule has 0 aliphatic rings. The molecular formula is C34H53NS3. The SMILES string of the molecule is CCCCCCCCCCC(CCCCCCCC)Cc1ccc(-c2ccc(-c3ccc(CCN)s3)s2)s1. The minimum Gasteiger partial charge on any atom is -0.330 e. The van der Waals surface area contributed by atoms with E-state index in [1.165, 1.54) is 134 Å². The van der Waals surface area contributed by atoms with Gasteiger partial charge in [0.2, 0.25) is 0 Å². The Labute approximate surface area is 246 Å². The van der Waals surface area contributed by atoms with E-state index >= 15 is 0 Å². The number of nitrogens with two attached hydrogens (primary N) is 1. The number of hydrogen-bond acceptors (Lipinski definition) is 4. The van der Waals surface area contributed by atoms with Gasteiger partial charge in [-0.3, -0.25) is 0 Å². The van der Waals surface area contributed by atoms with E-state index in [0.717, 1.165) is 18.9 Å². The normalized spacial score (nSPS) is 12.4. The zero-order chi connectivity index (χ0) is 26.8. The van der Waals surface area contributed by atoms with E-state index in [4.69, 9.17) is 5.73 Å². The van der Waals surface area contributed by atoms with Crippen molar-refractivity contribution in [2.75, 3.05) is 6.54 Å². The van der Waals surface area contributed by atoms with Crippen molar-refractivity contribution in [2.45, 2.75) is 129 Å². The molecule has 0 spiro atoms. The second-order valence-corrected chi connectivity index (χ2v) is 14.5. The van der Waals surface area contributed by atoms with Crippen LogP contribution in [0.2, 0.25) is 0 Å². The zero-order valence-electron chi connectivity index (χ0n) is 24.3. The van der Waals surface area contributed by atoms with Crippen LogP contribution in [0, 0.1) is 5.92 Å². The van der Waals surface area contributed by atoms with E-state index in [9.17, 15) is 0 Å². The van der Waals surface area contributed by atoms with E-state index in [1.54, 1.807) is 4.88 Å². The lowest BCUT2D eigenvalue weighted by Gasteiger charge is -2.16. The summed E-state index contributed by atoms with van der Waals surface area (Å²) in [6.45, 7) is 5.35. The van der Waals surface area contributed by atoms with E-state index in [-0.39, 0.29) is 0 Å². The van der Waals surface area contributed by atoms with E-state index in [0.29, 0.717) is 0 Å². The van der Waals surface area contributed by atoms with Crippen molar-refractivity contribution in [1.29, 1.82) is 0 Å². The molecule has 0 radical (unpaired) electrons. The summed E-state index contributed by atoms with van der Waals surface area (Å²) in [5, 5.41) is 0. The van der Waals surface area contributed by atoms with E-state index < -0.39 is 0 Å². The predicted molar refractivity (Wildman–Crippen MR) is 176 cm³/mol. The lowest BCUT2D eigenvalue weighted by molar-refractivity contribution is 0.402. The van der Waals surface area contributed by atoms with Crippen molar-refractivity contribution >= 4 is 34.0 Å². The average Bonchev–Trinajstić information content (AvgIpc) is 3.68. The minimum atomic E-state index is 0.729. The molecule has 3 aromatic heterocycles. The first-order chi connectivity index (χ1) is 18.7. The van der Waals surface area contributed by atoms with Crippen molar-refractivity contribution in [3.63, 3.8) is 0 Å². The van der Waals surface area contributed by atoms with Crippen LogP contribution >= 0.6 is 34.0 Å². The van der Waals surface area contributed by atoms with Gasteiger partial charge in [0.15, 0.2) is 0 Å². The molecule has 1 nitrogen and oxygen atoms in total. The quantitative estimate of drug-likeness (QED) is 0.119. The Morgan fingerprint density at radius 2 is 0.947 bits per heavy atom. The Bertz CT molecular complexity index is 981. The smallest absolute Gasteiger partial charge is 0.0449 e. The minimum absolute atomic E-state index is 0.729. The fourth-order valence-electron chi connectivity index (χ4n) is 5.42. The highest BCUT2D eigenvalue weighted by atomic mass is 32.1. The van der Waals surface area contributed by atoms with Crippen LogP contribution in [0.15, 0.2) is 36.4 Å². The highest BCUT2D eigenvalue weighted by Gasteiger charge is 2.14. The fraction of sp³-hybridized carbons (Fsp3) is 0.647. The molecule has 4 heteroatoms. The lowest BCUT2D eigenvalue weighted by Crippen LogP contribution is -2.04. The highest BCUT2D eigenvalue weighted by molar-refractivity contribution is 7.26. The summed E-state index contributed by atoms with van der Waals surface area (Å²) in [6.07, 6.45) is 24.9. The largest absolute Gasteiger partial charge is 0.330 e. The number of thiophene rings is 3. The molecule has 38 heavy (non-hydrogen) atoms. The summed E-state index contributed by atoms with van der Waals surface area (Å²) < 4.78 is 0. The zero-order valence-corrected chi connectivity index (χ0v) is 26.7. The summed E-state index contributed by atoms with van der Waals surface area (Å²) in [4.78, 5) is 8.61. The third-order valence-electron chi connectivity index (χ3n) is 7.73. The van der Waals surface area contributed by atoms with Crippen molar-refractivity contribution in [1.82, 2.24) is 0 Å². The molecule has 0 saturated heterocycles. The molecule has 3 aromatic rings. The Hall–Kier alpha value is -0.940. The van der Waals surface area contributed by atoms with Crippen molar-refractivity contribution < 1.29 is 0 Å². The first-order valence-electron chi connectivity index (χ1n) is 15.7. The molecule has 1 atom stereocenters. The number of rotatable bonds is 22. The maximum atomic E-state index is 5.75. The maximum absolute atomic E-state index is 5.75. The van der Waals surface area contributed by atoms with Crippen LogP contribution in [-0.4, -0.2) is 6.54 Å². The van der Waals surface area contributed by atoms with Crippen molar-refractivity contribution in [3.8, 4) is 19.5 Å². The van der Waals surface area contributed by atoms with Crippen LogP contribution in [0.1, 0.15) is 126 Å². The van der Waals surface area contributed by atoms with Crippen LogP contribution < -0.4 is 5.73 Å². The van der Waals surface area contributed by atoms with Crippen molar-refractivity contribution in [2.24, 2.45) is 11.7 Å². The summed E-state index contributed by atoms with van der Waals surface area (Å²) in [7, 11) is 0. The molecule has 0 amide bonds. The Morgan fingerprint density at radius 1 is 0.526 bits per heavy atom. The molecule has 0 aliphatic heterocycles. The van der Waals surface area contributed by atoms with Gasteiger partial charge in [0.05, 0.1) is 0 Å². The number of unbranched alkanes of at least 4 members (excludes halogenated alkanes) is 12. The summed E-state index contributed by atoms with van der Waals surface area (Å²) in [5.41, 5.74) is 5.75. The van der Waals surface area contributed by atoms with Crippen LogP contribution in [-0.2, 0) is 12.8 Å². The Balaban J connectivity index is 1.50. The van der Waals surface area contributed by atoms with Gasteiger partial charge >= 0.3 is 0 Å². The van der Waals surface area contributed by atoms with Gasteiger partial charge in [0.1, 0.15) is 0 Å². The van der Waals surface area contributed by atoms with Crippen LogP contribution in [0.25, 0.3) is 19.5 Å². The van der Waals surface area contributed by atoms with Gasteiger partial charge in [0, 0.05) is 29.3 Å². The molecule has 212 valence electrons. The lowest BCUT2D eigenvalue weighted by atomic mass is 9.91. The fourth-order valence-corrected chi connectivity index (χ4v) is 8.75. The van der Waals surface area contributed by atoms with Gasteiger partial charge in [0.25, 0.3) is 0 Å². The van der Waals surface area contributed by atoms with Crippen LogP contribution in [0.3, 0.4) is 0 Å². The Morgan fingerprint density at radius 3 is 1.47 bits per heavy atom. The molecule has 0 saturated carbocycles. The molecule has 0 fully saturated rings. The third kappa shape index (κ3) is 11.7. The predicted octanol–water partition coefficient (Wildman–Crippen LogP) is 12.1. The molecule has 3 rings (SSSR count). The third-order valence-corrected chi connectivity index (χ3v) is 11.5. The Kier molecular flexibility index (Phi) is 16.0. The monoisotopic (exact) mass is 571 g/mol. The first kappa shape index (κ1) is 31.6. The van der Waals surface area contributed by atoms with Gasteiger partial charge in [-0.25, -0.2) is 0 Å².